The summed E-state index contributed by atoms with van der Waals surface area (Å²) in [6, 6.07) is 7.94. The number of nitrogens with one attached hydrogen (secondary N) is 1. The number of halogens is 3. The van der Waals surface area contributed by atoms with Crippen molar-refractivity contribution in [2.75, 3.05) is 13.2 Å². The van der Waals surface area contributed by atoms with Crippen molar-refractivity contribution in [1.82, 2.24) is 15.1 Å². The lowest BCUT2D eigenvalue weighted by molar-refractivity contribution is -0.384. The molecule has 0 spiro atoms. The molecule has 0 radical (unpaired) electrons. The number of aromatic amines is 1. The van der Waals surface area contributed by atoms with E-state index in [0.717, 1.165) is 17.0 Å². The van der Waals surface area contributed by atoms with E-state index >= 15 is 0 Å². The number of carbonyl (C=O) groups is 2. The van der Waals surface area contributed by atoms with E-state index in [2.05, 4.69) is 10.2 Å². The van der Waals surface area contributed by atoms with Gasteiger partial charge in [0, 0.05) is 24.1 Å². The third-order valence-corrected chi connectivity index (χ3v) is 4.53. The normalized spacial score (nSPS) is 11.4. The minimum Gasteiger partial charge on any atom is -0.465 e. The van der Waals surface area contributed by atoms with Crippen LogP contribution in [0, 0.1) is 10.1 Å². The maximum atomic E-state index is 13.2. The van der Waals surface area contributed by atoms with E-state index in [0.29, 0.717) is 11.1 Å². The number of fused-ring (bicyclic) bond motifs is 1. The van der Waals surface area contributed by atoms with E-state index in [-0.39, 0.29) is 29.9 Å². The molecule has 0 saturated carbocycles. The van der Waals surface area contributed by atoms with Gasteiger partial charge >= 0.3 is 12.1 Å². The molecule has 0 saturated heterocycles. The van der Waals surface area contributed by atoms with Crippen molar-refractivity contribution in [2.24, 2.45) is 0 Å². The van der Waals surface area contributed by atoms with E-state index < -0.39 is 35.1 Å². The summed E-state index contributed by atoms with van der Waals surface area (Å²) in [4.78, 5) is 36.7. The average Bonchev–Trinajstić information content (AvgIpc) is 3.16. The third-order valence-electron chi connectivity index (χ3n) is 4.53. The Labute approximate surface area is 178 Å². The van der Waals surface area contributed by atoms with Crippen molar-refractivity contribution in [3.05, 3.63) is 69.4 Å². The first kappa shape index (κ1) is 22.7. The third kappa shape index (κ3) is 5.02. The fraction of sp³-hybridized carbons (Fsp3) is 0.250. The Morgan fingerprint density at radius 3 is 2.47 bits per heavy atom. The molecule has 1 aromatic heterocycles. The number of alkyl halides is 3. The second kappa shape index (κ2) is 9.04. The molecule has 0 aliphatic carbocycles. The van der Waals surface area contributed by atoms with Crippen LogP contribution < -0.4 is 0 Å². The predicted molar refractivity (Wildman–Crippen MR) is 106 cm³/mol. The highest BCUT2D eigenvalue weighted by Crippen LogP contribution is 2.29. The topological polar surface area (TPSA) is 118 Å². The van der Waals surface area contributed by atoms with Gasteiger partial charge in [0.05, 0.1) is 22.6 Å². The summed E-state index contributed by atoms with van der Waals surface area (Å²) in [6.45, 7) is 0.953. The van der Waals surface area contributed by atoms with Gasteiger partial charge in [0.1, 0.15) is 6.54 Å². The molecule has 0 atom stereocenters. The number of H-pyrrole nitrogens is 1. The van der Waals surface area contributed by atoms with Gasteiger partial charge in [0.25, 0.3) is 11.6 Å². The molecule has 0 fully saturated rings. The Kier molecular flexibility index (Phi) is 6.42. The Balaban J connectivity index is 1.94. The van der Waals surface area contributed by atoms with Crippen LogP contribution in [-0.2, 0) is 22.3 Å². The molecule has 1 amide bonds. The number of esters is 1. The van der Waals surface area contributed by atoms with E-state index in [4.69, 9.17) is 4.74 Å². The SMILES string of the molecule is CCOC(=O)CN(Cc1ccc(C(F)(F)F)cc1)C(=O)c1n[nH]c2ccc([N+](=O)[O-])cc12. The number of carbonyl (C=O) groups excluding carboxylic acids is 2. The molecule has 3 aromatic rings. The lowest BCUT2D eigenvalue weighted by atomic mass is 10.1. The molecular formula is C20H17F3N4O5. The molecule has 12 heteroatoms. The highest BCUT2D eigenvalue weighted by molar-refractivity contribution is 6.05. The lowest BCUT2D eigenvalue weighted by Gasteiger charge is -2.21. The summed E-state index contributed by atoms with van der Waals surface area (Å²) in [5.74, 6) is -1.47. The smallest absolute Gasteiger partial charge is 0.416 e. The van der Waals surface area contributed by atoms with Gasteiger partial charge in [-0.05, 0) is 30.7 Å². The van der Waals surface area contributed by atoms with E-state index in [9.17, 15) is 32.9 Å². The molecule has 0 unspecified atom stereocenters. The van der Waals surface area contributed by atoms with Gasteiger partial charge in [-0.15, -0.1) is 0 Å². The summed E-state index contributed by atoms with van der Waals surface area (Å²) in [6.07, 6.45) is -4.51. The Hall–Kier alpha value is -3.96. The fourth-order valence-electron chi connectivity index (χ4n) is 3.01. The number of ether oxygens (including phenoxy) is 1. The maximum Gasteiger partial charge on any atom is 0.416 e. The van der Waals surface area contributed by atoms with Gasteiger partial charge in [0.2, 0.25) is 0 Å². The Bertz CT molecular complexity index is 1160. The van der Waals surface area contributed by atoms with Crippen LogP contribution in [0.3, 0.4) is 0 Å². The van der Waals surface area contributed by atoms with Crippen LogP contribution in [0.15, 0.2) is 42.5 Å². The van der Waals surface area contributed by atoms with Crippen molar-refractivity contribution in [3.8, 4) is 0 Å². The number of nitro benzene ring substituents is 1. The molecule has 2 aromatic carbocycles. The van der Waals surface area contributed by atoms with E-state index in [1.165, 1.54) is 30.3 Å². The molecular weight excluding hydrogens is 433 g/mol. The summed E-state index contributed by atoms with van der Waals surface area (Å²) < 4.78 is 43.3. The van der Waals surface area contributed by atoms with Gasteiger partial charge in [-0.3, -0.25) is 24.8 Å². The molecule has 3 rings (SSSR count). The van der Waals surface area contributed by atoms with Crippen molar-refractivity contribution >= 4 is 28.5 Å². The highest BCUT2D eigenvalue weighted by atomic mass is 19.4. The van der Waals surface area contributed by atoms with Crippen LogP contribution in [-0.4, -0.2) is 45.0 Å². The number of hydrogen-bond acceptors (Lipinski definition) is 6. The van der Waals surface area contributed by atoms with Crippen LogP contribution in [0.1, 0.15) is 28.5 Å². The number of hydrogen-bond donors (Lipinski definition) is 1. The highest BCUT2D eigenvalue weighted by Gasteiger charge is 2.30. The van der Waals surface area contributed by atoms with Crippen molar-refractivity contribution in [2.45, 2.75) is 19.6 Å². The van der Waals surface area contributed by atoms with Gasteiger partial charge in [-0.1, -0.05) is 12.1 Å². The largest absolute Gasteiger partial charge is 0.465 e. The predicted octanol–water partition coefficient (Wildman–Crippen LogP) is 3.70. The van der Waals surface area contributed by atoms with Crippen LogP contribution in [0.5, 0.6) is 0 Å². The number of aromatic nitrogens is 2. The van der Waals surface area contributed by atoms with E-state index in [1.54, 1.807) is 6.92 Å². The molecule has 0 bridgehead atoms. The van der Waals surface area contributed by atoms with Crippen LogP contribution in [0.4, 0.5) is 18.9 Å². The zero-order chi connectivity index (χ0) is 23.5. The van der Waals surface area contributed by atoms with Gasteiger partial charge in [0.15, 0.2) is 5.69 Å². The number of benzene rings is 2. The quantitative estimate of drug-likeness (QED) is 0.333. The first-order valence-corrected chi connectivity index (χ1v) is 9.33. The maximum absolute atomic E-state index is 13.2. The average molecular weight is 450 g/mol. The Morgan fingerprint density at radius 2 is 1.88 bits per heavy atom. The minimum absolute atomic E-state index is 0.0681. The van der Waals surface area contributed by atoms with Crippen molar-refractivity contribution in [3.63, 3.8) is 0 Å². The number of nitro groups is 1. The van der Waals surface area contributed by atoms with Crippen LogP contribution in [0.25, 0.3) is 10.9 Å². The number of non-ortho nitro benzene ring substituents is 1. The summed E-state index contributed by atoms with van der Waals surface area (Å²) in [7, 11) is 0. The van der Waals surface area contributed by atoms with Gasteiger partial charge < -0.3 is 9.64 Å². The first-order valence-electron chi connectivity index (χ1n) is 9.33. The first-order chi connectivity index (χ1) is 15.1. The van der Waals surface area contributed by atoms with Crippen molar-refractivity contribution < 1.29 is 32.4 Å². The lowest BCUT2D eigenvalue weighted by Crippen LogP contribution is -2.36. The molecule has 0 aliphatic heterocycles. The van der Waals surface area contributed by atoms with Crippen LogP contribution in [0.2, 0.25) is 0 Å². The summed E-state index contributed by atoms with van der Waals surface area (Å²) in [5.41, 5.74) is -0.575. The molecule has 0 aliphatic rings. The molecule has 9 nitrogen and oxygen atoms in total. The van der Waals surface area contributed by atoms with E-state index in [1.807, 2.05) is 0 Å². The fourth-order valence-corrected chi connectivity index (χ4v) is 3.01. The van der Waals surface area contributed by atoms with Crippen molar-refractivity contribution in [1.29, 1.82) is 0 Å². The molecule has 168 valence electrons. The standard InChI is InChI=1S/C20H17F3N4O5/c1-2-32-17(28)11-26(10-12-3-5-13(6-4-12)20(21,22)23)19(29)18-15-9-14(27(30)31)7-8-16(15)24-25-18/h3-9H,2,10-11H2,1H3,(H,24,25). The summed E-state index contributed by atoms with van der Waals surface area (Å²) >= 11 is 0. The number of amides is 1. The second-order valence-corrected chi connectivity index (χ2v) is 6.72. The summed E-state index contributed by atoms with van der Waals surface area (Å²) in [5, 5.41) is 17.8. The molecule has 1 heterocycles. The van der Waals surface area contributed by atoms with Crippen LogP contribution >= 0.6 is 0 Å². The molecule has 1 N–H and O–H groups in total. The number of rotatable bonds is 7. The minimum atomic E-state index is -4.51. The monoisotopic (exact) mass is 450 g/mol. The van der Waals surface area contributed by atoms with Gasteiger partial charge in [-0.2, -0.15) is 18.3 Å². The zero-order valence-corrected chi connectivity index (χ0v) is 16.7. The number of nitrogens with zero attached hydrogens (tertiary/aromatic N) is 3. The zero-order valence-electron chi connectivity index (χ0n) is 16.7. The molecule has 32 heavy (non-hydrogen) atoms. The Morgan fingerprint density at radius 1 is 1.19 bits per heavy atom. The van der Waals surface area contributed by atoms with Gasteiger partial charge in [-0.25, -0.2) is 0 Å². The second-order valence-electron chi connectivity index (χ2n) is 6.72.